The first kappa shape index (κ1) is 26.7. The molecule has 14 heteroatoms. The zero-order valence-electron chi connectivity index (χ0n) is 20.5. The van der Waals surface area contributed by atoms with E-state index in [0.717, 1.165) is 16.2 Å². The Morgan fingerprint density at radius 2 is 1.97 bits per heavy atom. The maximum atomic E-state index is 13.2. The van der Waals surface area contributed by atoms with Crippen molar-refractivity contribution in [2.24, 2.45) is 5.73 Å². The number of anilines is 3. The standard InChI is InChI=1S/C25H24ClFN8O3S/c26-19-14(31-21(36)18-22(37)33-16-6-1-2-9-35(16)24(18)38)4-3-5-15(19)39-23-20(28)32-17(12-30-23)34-10-7-25(29,13-27)8-11-34/h1-6,9,12,37H,7-8,10-11,13,29H2,(H2,28,32)(H,31,36). The van der Waals surface area contributed by atoms with E-state index in [1.165, 1.54) is 12.3 Å². The van der Waals surface area contributed by atoms with Crippen molar-refractivity contribution in [3.63, 3.8) is 0 Å². The monoisotopic (exact) mass is 570 g/mol. The third-order valence-electron chi connectivity index (χ3n) is 6.46. The smallest absolute Gasteiger partial charge is 0.274 e. The van der Waals surface area contributed by atoms with Gasteiger partial charge in [-0.25, -0.2) is 14.4 Å². The van der Waals surface area contributed by atoms with Crippen LogP contribution in [0.3, 0.4) is 0 Å². The second-order valence-electron chi connectivity index (χ2n) is 9.12. The van der Waals surface area contributed by atoms with Crippen molar-refractivity contribution in [1.82, 2.24) is 19.4 Å². The van der Waals surface area contributed by atoms with Crippen LogP contribution in [0.1, 0.15) is 23.2 Å². The summed E-state index contributed by atoms with van der Waals surface area (Å²) in [4.78, 5) is 41.1. The second-order valence-corrected chi connectivity index (χ2v) is 10.5. The number of nitrogens with two attached hydrogens (primary N) is 2. The Labute approximate surface area is 231 Å². The van der Waals surface area contributed by atoms with Gasteiger partial charge in [0.2, 0.25) is 5.88 Å². The Morgan fingerprint density at radius 3 is 2.69 bits per heavy atom. The number of benzene rings is 1. The molecule has 1 fully saturated rings. The van der Waals surface area contributed by atoms with Crippen molar-refractivity contribution in [2.45, 2.75) is 28.3 Å². The lowest BCUT2D eigenvalue weighted by Crippen LogP contribution is -2.52. The lowest BCUT2D eigenvalue weighted by Gasteiger charge is -2.37. The molecular formula is C25H24ClFN8O3S. The van der Waals surface area contributed by atoms with Crippen molar-refractivity contribution in [3.05, 3.63) is 69.7 Å². The number of alkyl halides is 1. The van der Waals surface area contributed by atoms with Crippen LogP contribution < -0.4 is 27.2 Å². The number of nitrogens with one attached hydrogen (secondary N) is 1. The molecule has 5 rings (SSSR count). The van der Waals surface area contributed by atoms with Gasteiger partial charge in [-0.05, 0) is 37.1 Å². The van der Waals surface area contributed by atoms with Crippen molar-refractivity contribution in [3.8, 4) is 5.88 Å². The molecule has 11 nitrogen and oxygen atoms in total. The first-order valence-electron chi connectivity index (χ1n) is 11.9. The van der Waals surface area contributed by atoms with E-state index in [2.05, 4.69) is 20.3 Å². The fourth-order valence-corrected chi connectivity index (χ4v) is 5.28. The minimum Gasteiger partial charge on any atom is -0.493 e. The number of carbonyl (C=O) groups is 1. The number of aromatic nitrogens is 4. The number of amides is 1. The lowest BCUT2D eigenvalue weighted by molar-refractivity contribution is 0.102. The van der Waals surface area contributed by atoms with Gasteiger partial charge in [0, 0.05) is 29.7 Å². The van der Waals surface area contributed by atoms with E-state index < -0.39 is 35.1 Å². The van der Waals surface area contributed by atoms with Gasteiger partial charge in [-0.2, -0.15) is 4.98 Å². The third kappa shape index (κ3) is 5.33. The first-order chi connectivity index (χ1) is 18.7. The van der Waals surface area contributed by atoms with E-state index in [9.17, 15) is 19.1 Å². The number of fused-ring (bicyclic) bond motifs is 1. The minimum absolute atomic E-state index is 0.177. The summed E-state index contributed by atoms with van der Waals surface area (Å²) in [6, 6.07) is 9.72. The Kier molecular flexibility index (Phi) is 7.30. The fraction of sp³-hybridized carbons (Fsp3) is 0.240. The molecule has 6 N–H and O–H groups in total. The molecule has 1 aliphatic heterocycles. The molecule has 1 saturated heterocycles. The predicted molar refractivity (Wildman–Crippen MR) is 147 cm³/mol. The van der Waals surface area contributed by atoms with Crippen molar-refractivity contribution in [1.29, 1.82) is 0 Å². The average Bonchev–Trinajstić information content (AvgIpc) is 2.92. The van der Waals surface area contributed by atoms with Crippen LogP contribution in [0.25, 0.3) is 5.65 Å². The summed E-state index contributed by atoms with van der Waals surface area (Å²) in [5, 5.41) is 13.4. The summed E-state index contributed by atoms with van der Waals surface area (Å²) in [5.41, 5.74) is 10.6. The zero-order valence-corrected chi connectivity index (χ0v) is 22.0. The molecule has 4 aromatic rings. The highest BCUT2D eigenvalue weighted by Crippen LogP contribution is 2.39. The summed E-state index contributed by atoms with van der Waals surface area (Å²) in [6.45, 7) is 0.517. The molecule has 0 unspecified atom stereocenters. The van der Waals surface area contributed by atoms with Gasteiger partial charge in [0.15, 0.2) is 11.4 Å². The number of piperidine rings is 1. The molecule has 1 aromatic carbocycles. The SMILES string of the molecule is Nc1nc(N2CCC(N)(CF)CC2)cnc1Sc1cccc(NC(=O)c2c(O)nc3ccccn3c2=O)c1Cl. The van der Waals surface area contributed by atoms with Crippen LogP contribution in [0.5, 0.6) is 5.88 Å². The molecule has 39 heavy (non-hydrogen) atoms. The molecular weight excluding hydrogens is 547 g/mol. The predicted octanol–water partition coefficient (Wildman–Crippen LogP) is 3.10. The van der Waals surface area contributed by atoms with Gasteiger partial charge in [0.25, 0.3) is 11.5 Å². The molecule has 0 atom stereocenters. The fourth-order valence-electron chi connectivity index (χ4n) is 4.18. The van der Waals surface area contributed by atoms with E-state index in [0.29, 0.717) is 41.7 Å². The summed E-state index contributed by atoms with van der Waals surface area (Å²) >= 11 is 7.72. The first-order valence-corrected chi connectivity index (χ1v) is 13.1. The van der Waals surface area contributed by atoms with Crippen LogP contribution in [0.15, 0.2) is 63.5 Å². The molecule has 3 aromatic heterocycles. The number of halogens is 2. The zero-order chi connectivity index (χ0) is 27.7. The summed E-state index contributed by atoms with van der Waals surface area (Å²) in [5.74, 6) is -0.811. The van der Waals surface area contributed by atoms with E-state index >= 15 is 0 Å². The highest BCUT2D eigenvalue weighted by molar-refractivity contribution is 7.99. The Bertz CT molecular complexity index is 1630. The van der Waals surface area contributed by atoms with Crippen molar-refractivity contribution < 1.29 is 14.3 Å². The molecule has 0 saturated carbocycles. The third-order valence-corrected chi connectivity index (χ3v) is 8.05. The molecule has 0 bridgehead atoms. The summed E-state index contributed by atoms with van der Waals surface area (Å²) in [6.07, 6.45) is 4.02. The van der Waals surface area contributed by atoms with Gasteiger partial charge in [-0.1, -0.05) is 35.5 Å². The van der Waals surface area contributed by atoms with Crippen LogP contribution in [0, 0.1) is 0 Å². The number of pyridine rings is 1. The van der Waals surface area contributed by atoms with Crippen LogP contribution >= 0.6 is 23.4 Å². The van der Waals surface area contributed by atoms with Gasteiger partial charge < -0.3 is 26.8 Å². The number of hydrogen-bond donors (Lipinski definition) is 4. The van der Waals surface area contributed by atoms with Gasteiger partial charge in [0.05, 0.1) is 16.9 Å². The lowest BCUT2D eigenvalue weighted by atomic mass is 9.90. The average molecular weight is 571 g/mol. The van der Waals surface area contributed by atoms with Crippen molar-refractivity contribution in [2.75, 3.05) is 35.7 Å². The van der Waals surface area contributed by atoms with E-state index in [1.807, 2.05) is 4.90 Å². The van der Waals surface area contributed by atoms with Gasteiger partial charge >= 0.3 is 0 Å². The minimum atomic E-state index is -0.869. The second kappa shape index (κ2) is 10.7. The number of carbonyl (C=O) groups excluding carboxylic acids is 1. The molecule has 0 spiro atoms. The van der Waals surface area contributed by atoms with E-state index in [4.69, 9.17) is 23.1 Å². The summed E-state index contributed by atoms with van der Waals surface area (Å²) < 4.78 is 14.3. The Morgan fingerprint density at radius 1 is 1.21 bits per heavy atom. The van der Waals surface area contributed by atoms with Crippen LogP contribution in [-0.4, -0.2) is 55.7 Å². The maximum absolute atomic E-state index is 13.2. The van der Waals surface area contributed by atoms with Crippen LogP contribution in [0.2, 0.25) is 5.02 Å². The molecule has 0 aliphatic carbocycles. The van der Waals surface area contributed by atoms with Gasteiger partial charge in [0.1, 0.15) is 23.2 Å². The largest absolute Gasteiger partial charge is 0.493 e. The topological polar surface area (TPSA) is 165 Å². The van der Waals surface area contributed by atoms with Gasteiger partial charge in [-0.3, -0.25) is 14.0 Å². The number of nitrogen functional groups attached to an aromatic ring is 1. The molecule has 1 aliphatic rings. The maximum Gasteiger partial charge on any atom is 0.274 e. The van der Waals surface area contributed by atoms with Crippen LogP contribution in [-0.2, 0) is 0 Å². The Hall–Kier alpha value is -3.94. The number of aromatic hydroxyl groups is 1. The van der Waals surface area contributed by atoms with E-state index in [1.54, 1.807) is 36.5 Å². The number of nitrogens with zero attached hydrogens (tertiary/aromatic N) is 5. The summed E-state index contributed by atoms with van der Waals surface area (Å²) in [7, 11) is 0. The quantitative estimate of drug-likeness (QED) is 0.270. The van der Waals surface area contributed by atoms with Gasteiger partial charge in [-0.15, -0.1) is 0 Å². The highest BCUT2D eigenvalue weighted by atomic mass is 35.5. The molecule has 0 radical (unpaired) electrons. The molecule has 4 heterocycles. The Balaban J connectivity index is 1.34. The van der Waals surface area contributed by atoms with Crippen LogP contribution in [0.4, 0.5) is 21.7 Å². The normalized spacial score (nSPS) is 14.9. The number of hydrogen-bond acceptors (Lipinski definition) is 10. The van der Waals surface area contributed by atoms with E-state index in [-0.39, 0.29) is 22.2 Å². The van der Waals surface area contributed by atoms with Crippen molar-refractivity contribution >= 4 is 52.2 Å². The molecule has 202 valence electrons. The number of rotatable bonds is 6. The molecule has 1 amide bonds. The highest BCUT2D eigenvalue weighted by Gasteiger charge is 2.31.